The maximum atomic E-state index is 13.7. The number of carbonyl (C=O) groups excluding carboxylic acids is 2. The van der Waals surface area contributed by atoms with Crippen molar-refractivity contribution in [3.8, 4) is 11.5 Å². The maximum absolute atomic E-state index is 13.7. The average Bonchev–Trinajstić information content (AvgIpc) is 3.37. The molecule has 0 aliphatic carbocycles. The molecule has 1 N–H and O–H groups in total. The van der Waals surface area contributed by atoms with Gasteiger partial charge in [-0.15, -0.1) is 0 Å². The Labute approximate surface area is 217 Å². The zero-order valence-corrected chi connectivity index (χ0v) is 21.2. The van der Waals surface area contributed by atoms with E-state index in [9.17, 15) is 9.59 Å². The number of aryl methyl sites for hydroxylation is 1. The third-order valence-corrected chi connectivity index (χ3v) is 6.55. The van der Waals surface area contributed by atoms with Gasteiger partial charge in [-0.25, -0.2) is 0 Å². The van der Waals surface area contributed by atoms with Crippen LogP contribution in [-0.4, -0.2) is 36.1 Å². The van der Waals surface area contributed by atoms with Crippen LogP contribution in [0.3, 0.4) is 0 Å². The molecular formula is C29H31ClN2O4. The highest BCUT2D eigenvalue weighted by molar-refractivity contribution is 6.31. The molecule has 1 atom stereocenters. The van der Waals surface area contributed by atoms with Crippen LogP contribution in [-0.2, 0) is 29.0 Å². The molecule has 4 rings (SSSR count). The van der Waals surface area contributed by atoms with E-state index in [1.54, 1.807) is 11.0 Å². The molecule has 0 spiro atoms. The van der Waals surface area contributed by atoms with Crippen LogP contribution in [0, 0.1) is 0 Å². The monoisotopic (exact) mass is 506 g/mol. The number of carbonyl (C=O) groups is 2. The molecule has 36 heavy (non-hydrogen) atoms. The van der Waals surface area contributed by atoms with E-state index in [1.807, 2.05) is 73.7 Å². The lowest BCUT2D eigenvalue weighted by Crippen LogP contribution is -2.50. The molecule has 3 aromatic carbocycles. The predicted molar refractivity (Wildman–Crippen MR) is 140 cm³/mol. The summed E-state index contributed by atoms with van der Waals surface area (Å²) >= 11 is 6.46. The van der Waals surface area contributed by atoms with Gasteiger partial charge in [0, 0.05) is 31.0 Å². The lowest BCUT2D eigenvalue weighted by Gasteiger charge is -2.32. The maximum Gasteiger partial charge on any atom is 0.243 e. The second kappa shape index (κ2) is 12.5. The van der Waals surface area contributed by atoms with Gasteiger partial charge in [0.25, 0.3) is 0 Å². The molecule has 1 aliphatic heterocycles. The van der Waals surface area contributed by atoms with Gasteiger partial charge in [0.05, 0.1) is 0 Å². The molecule has 0 radical (unpaired) electrons. The Kier molecular flexibility index (Phi) is 8.85. The second-order valence-electron chi connectivity index (χ2n) is 8.80. The zero-order valence-electron chi connectivity index (χ0n) is 20.4. The molecule has 7 heteroatoms. The van der Waals surface area contributed by atoms with Crippen LogP contribution in [0.1, 0.15) is 36.5 Å². The van der Waals surface area contributed by atoms with Crippen LogP contribution in [0.4, 0.5) is 0 Å². The van der Waals surface area contributed by atoms with Crippen LogP contribution >= 0.6 is 11.6 Å². The number of halogens is 1. The molecule has 0 aromatic heterocycles. The minimum Gasteiger partial charge on any atom is -0.454 e. The molecule has 6 nitrogen and oxygen atoms in total. The molecule has 0 saturated carbocycles. The summed E-state index contributed by atoms with van der Waals surface area (Å²) in [6.07, 6.45) is 1.99. The van der Waals surface area contributed by atoms with Crippen LogP contribution in [0.5, 0.6) is 11.5 Å². The van der Waals surface area contributed by atoms with Gasteiger partial charge in [0.1, 0.15) is 6.04 Å². The van der Waals surface area contributed by atoms with Crippen molar-refractivity contribution in [2.75, 3.05) is 13.3 Å². The number of hydrogen-bond donors (Lipinski definition) is 1. The molecule has 188 valence electrons. The van der Waals surface area contributed by atoms with E-state index < -0.39 is 6.04 Å². The van der Waals surface area contributed by atoms with E-state index in [2.05, 4.69) is 5.32 Å². The largest absolute Gasteiger partial charge is 0.454 e. The normalized spacial score (nSPS) is 12.7. The van der Waals surface area contributed by atoms with Gasteiger partial charge in [0.2, 0.25) is 18.6 Å². The number of ether oxygens (including phenoxy) is 2. The highest BCUT2D eigenvalue weighted by Gasteiger charge is 2.30. The quantitative estimate of drug-likeness (QED) is 0.389. The first-order valence-electron chi connectivity index (χ1n) is 12.3. The highest BCUT2D eigenvalue weighted by Crippen LogP contribution is 2.33. The molecule has 1 unspecified atom stereocenters. The van der Waals surface area contributed by atoms with E-state index in [-0.39, 0.29) is 31.6 Å². The smallest absolute Gasteiger partial charge is 0.243 e. The predicted octanol–water partition coefficient (Wildman–Crippen LogP) is 5.17. The van der Waals surface area contributed by atoms with Crippen molar-refractivity contribution in [2.45, 2.75) is 45.2 Å². The molecule has 2 amide bonds. The molecular weight excluding hydrogens is 476 g/mol. The fourth-order valence-corrected chi connectivity index (χ4v) is 4.42. The molecule has 0 saturated heterocycles. The van der Waals surface area contributed by atoms with Gasteiger partial charge in [-0.1, -0.05) is 73.1 Å². The Morgan fingerprint density at radius 2 is 1.72 bits per heavy atom. The third-order valence-electron chi connectivity index (χ3n) is 6.18. The molecule has 1 heterocycles. The Morgan fingerprint density at radius 1 is 0.972 bits per heavy atom. The van der Waals surface area contributed by atoms with Gasteiger partial charge in [-0.2, -0.15) is 0 Å². The number of nitrogens with one attached hydrogen (secondary N) is 1. The van der Waals surface area contributed by atoms with Crippen molar-refractivity contribution in [2.24, 2.45) is 0 Å². The minimum absolute atomic E-state index is 0.111. The summed E-state index contributed by atoms with van der Waals surface area (Å²) < 4.78 is 10.9. The van der Waals surface area contributed by atoms with Crippen molar-refractivity contribution in [3.05, 3.63) is 94.5 Å². The van der Waals surface area contributed by atoms with E-state index >= 15 is 0 Å². The average molecular weight is 507 g/mol. The summed E-state index contributed by atoms with van der Waals surface area (Å²) in [4.78, 5) is 28.8. The molecule has 0 bridgehead atoms. The fraction of sp³-hybridized carbons (Fsp3) is 0.310. The number of hydrogen-bond acceptors (Lipinski definition) is 4. The zero-order chi connectivity index (χ0) is 25.3. The van der Waals surface area contributed by atoms with Gasteiger partial charge >= 0.3 is 0 Å². The van der Waals surface area contributed by atoms with Crippen molar-refractivity contribution < 1.29 is 19.1 Å². The first kappa shape index (κ1) is 25.6. The number of rotatable bonds is 11. The second-order valence-corrected chi connectivity index (χ2v) is 9.20. The molecule has 3 aromatic rings. The van der Waals surface area contributed by atoms with Crippen LogP contribution < -0.4 is 14.8 Å². The topological polar surface area (TPSA) is 67.9 Å². The SMILES string of the molecule is CCCNC(=O)C(Cc1ccccc1)N(Cc1ccccc1Cl)C(=O)CCc1ccc2c(c1)OCO2. The molecule has 0 fully saturated rings. The first-order valence-corrected chi connectivity index (χ1v) is 12.7. The lowest BCUT2D eigenvalue weighted by atomic mass is 10.0. The summed E-state index contributed by atoms with van der Waals surface area (Å²) in [5, 5.41) is 3.56. The number of fused-ring (bicyclic) bond motifs is 1. The number of benzene rings is 3. The summed E-state index contributed by atoms with van der Waals surface area (Å²) in [5.41, 5.74) is 2.76. The third kappa shape index (κ3) is 6.58. The Hall–Kier alpha value is -3.51. The summed E-state index contributed by atoms with van der Waals surface area (Å²) in [5.74, 6) is 1.12. The van der Waals surface area contributed by atoms with Gasteiger partial charge < -0.3 is 19.7 Å². The number of amides is 2. The molecule has 1 aliphatic rings. The Balaban J connectivity index is 1.59. The lowest BCUT2D eigenvalue weighted by molar-refractivity contribution is -0.141. The van der Waals surface area contributed by atoms with Crippen LogP contribution in [0.2, 0.25) is 5.02 Å². The minimum atomic E-state index is -0.667. The van der Waals surface area contributed by atoms with Gasteiger partial charge in [-0.3, -0.25) is 9.59 Å². The van der Waals surface area contributed by atoms with Crippen molar-refractivity contribution in [3.63, 3.8) is 0 Å². The van der Waals surface area contributed by atoms with Crippen molar-refractivity contribution >= 4 is 23.4 Å². The van der Waals surface area contributed by atoms with E-state index in [1.165, 1.54) is 0 Å². The van der Waals surface area contributed by atoms with Crippen molar-refractivity contribution in [1.29, 1.82) is 0 Å². The Bertz CT molecular complexity index is 1180. The summed E-state index contributed by atoms with van der Waals surface area (Å²) in [6, 6.07) is 22.2. The van der Waals surface area contributed by atoms with Crippen LogP contribution in [0.15, 0.2) is 72.8 Å². The van der Waals surface area contributed by atoms with E-state index in [0.717, 1.165) is 23.1 Å². The fourth-order valence-electron chi connectivity index (χ4n) is 4.22. The standard InChI is InChI=1S/C29H31ClN2O4/c1-2-16-31-29(34)25(17-21-8-4-3-5-9-21)32(19-23-10-6-7-11-24(23)30)28(33)15-13-22-12-14-26-27(18-22)36-20-35-26/h3-12,14,18,25H,2,13,15-17,19-20H2,1H3,(H,31,34). The summed E-state index contributed by atoms with van der Waals surface area (Å²) in [7, 11) is 0. The van der Waals surface area contributed by atoms with Gasteiger partial charge in [0.15, 0.2) is 11.5 Å². The van der Waals surface area contributed by atoms with Crippen LogP contribution in [0.25, 0.3) is 0 Å². The van der Waals surface area contributed by atoms with E-state index in [0.29, 0.717) is 35.9 Å². The highest BCUT2D eigenvalue weighted by atomic mass is 35.5. The first-order chi connectivity index (χ1) is 17.5. The Morgan fingerprint density at radius 3 is 2.50 bits per heavy atom. The summed E-state index contributed by atoms with van der Waals surface area (Å²) in [6.45, 7) is 3.01. The van der Waals surface area contributed by atoms with Crippen molar-refractivity contribution in [1.82, 2.24) is 10.2 Å². The van der Waals surface area contributed by atoms with E-state index in [4.69, 9.17) is 21.1 Å². The van der Waals surface area contributed by atoms with Gasteiger partial charge in [-0.05, 0) is 47.7 Å². The number of nitrogens with zero attached hydrogens (tertiary/aromatic N) is 1.